The van der Waals surface area contributed by atoms with Crippen LogP contribution in [0.15, 0.2) is 53.8 Å². The van der Waals surface area contributed by atoms with Gasteiger partial charge in [-0.1, -0.05) is 24.3 Å². The highest BCUT2D eigenvalue weighted by Gasteiger charge is 2.58. The van der Waals surface area contributed by atoms with E-state index in [-0.39, 0.29) is 17.4 Å². The van der Waals surface area contributed by atoms with Gasteiger partial charge in [0.05, 0.1) is 6.04 Å². The zero-order valence-corrected chi connectivity index (χ0v) is 19.3. The number of carbonyl (C=O) groups is 1. The number of nitrogens with one attached hydrogen (secondary N) is 1. The van der Waals surface area contributed by atoms with Crippen molar-refractivity contribution in [3.05, 3.63) is 54.4 Å². The Kier molecular flexibility index (Phi) is 5.23. The molecule has 4 saturated carbocycles. The van der Waals surface area contributed by atoms with Crippen molar-refractivity contribution in [2.75, 3.05) is 0 Å². The number of nitriles is 1. The molecule has 6 heteroatoms. The van der Waals surface area contributed by atoms with Crippen molar-refractivity contribution < 1.29 is 4.79 Å². The van der Waals surface area contributed by atoms with Gasteiger partial charge in [0.25, 0.3) is 0 Å². The van der Waals surface area contributed by atoms with Crippen LogP contribution in [0.4, 0.5) is 0 Å². The van der Waals surface area contributed by atoms with Gasteiger partial charge in [0, 0.05) is 23.2 Å². The van der Waals surface area contributed by atoms with E-state index >= 15 is 0 Å². The molecular weight excluding hydrogens is 410 g/mol. The number of pyridine rings is 1. The molecule has 1 aromatic heterocycles. The van der Waals surface area contributed by atoms with E-state index in [1.807, 2.05) is 12.1 Å². The van der Waals surface area contributed by atoms with E-state index in [9.17, 15) is 10.1 Å². The summed E-state index contributed by atoms with van der Waals surface area (Å²) in [6.45, 7) is 4.22. The second-order valence-corrected chi connectivity index (χ2v) is 10.8. The molecule has 1 aromatic carbocycles. The largest absolute Gasteiger partial charge is 0.369 e. The van der Waals surface area contributed by atoms with E-state index in [2.05, 4.69) is 54.6 Å². The van der Waals surface area contributed by atoms with Gasteiger partial charge in [0.2, 0.25) is 5.91 Å². The third-order valence-electron chi connectivity index (χ3n) is 8.41. The number of benzene rings is 1. The summed E-state index contributed by atoms with van der Waals surface area (Å²) in [7, 11) is 0. The van der Waals surface area contributed by atoms with Gasteiger partial charge in [-0.15, -0.1) is 0 Å². The SMILES string of the molecule is CC(C)(C(=NC1C2CC3CC1CC(C(N)=O)(C3)C2)NC#N)c1ccc(-c2ccncc2)cc1. The summed E-state index contributed by atoms with van der Waals surface area (Å²) in [5.74, 6) is 1.89. The number of nitrogens with zero attached hydrogens (tertiary/aromatic N) is 3. The smallest absolute Gasteiger partial charge is 0.223 e. The Labute approximate surface area is 195 Å². The number of amidine groups is 1. The first-order valence-electron chi connectivity index (χ1n) is 11.9. The van der Waals surface area contributed by atoms with Gasteiger partial charge in [-0.05, 0) is 92.5 Å². The number of nitrogens with two attached hydrogens (primary N) is 1. The van der Waals surface area contributed by atoms with Crippen LogP contribution in [0.25, 0.3) is 11.1 Å². The predicted molar refractivity (Wildman–Crippen MR) is 128 cm³/mol. The zero-order chi connectivity index (χ0) is 23.2. The molecule has 6 nitrogen and oxygen atoms in total. The highest BCUT2D eigenvalue weighted by atomic mass is 16.1. The van der Waals surface area contributed by atoms with E-state index in [1.165, 1.54) is 0 Å². The summed E-state index contributed by atoms with van der Waals surface area (Å²) < 4.78 is 0. The first kappa shape index (κ1) is 21.6. The number of aromatic nitrogens is 1. The molecule has 3 N–H and O–H groups in total. The van der Waals surface area contributed by atoms with Crippen molar-refractivity contribution in [3.63, 3.8) is 0 Å². The number of hydrogen-bond donors (Lipinski definition) is 2. The number of hydrogen-bond acceptors (Lipinski definition) is 4. The molecule has 4 bridgehead atoms. The second-order valence-electron chi connectivity index (χ2n) is 10.8. The third-order valence-corrected chi connectivity index (χ3v) is 8.41. The van der Waals surface area contributed by atoms with E-state index in [1.54, 1.807) is 12.4 Å². The monoisotopic (exact) mass is 441 g/mol. The normalized spacial score (nSPS) is 30.6. The Morgan fingerprint density at radius 3 is 2.27 bits per heavy atom. The first-order valence-corrected chi connectivity index (χ1v) is 11.9. The molecule has 2 unspecified atom stereocenters. The van der Waals surface area contributed by atoms with Crippen LogP contribution < -0.4 is 11.1 Å². The van der Waals surface area contributed by atoms with Crippen molar-refractivity contribution in [2.45, 2.75) is 57.4 Å². The highest BCUT2D eigenvalue weighted by Crippen LogP contribution is 2.60. The summed E-state index contributed by atoms with van der Waals surface area (Å²) in [6, 6.07) is 12.6. The maximum atomic E-state index is 12.3. The molecule has 0 spiro atoms. The van der Waals surface area contributed by atoms with E-state index in [4.69, 9.17) is 10.7 Å². The van der Waals surface area contributed by atoms with Crippen molar-refractivity contribution in [2.24, 2.45) is 33.9 Å². The fourth-order valence-corrected chi connectivity index (χ4v) is 6.82. The minimum absolute atomic E-state index is 0.130. The van der Waals surface area contributed by atoms with Crippen molar-refractivity contribution in [1.82, 2.24) is 10.3 Å². The van der Waals surface area contributed by atoms with Gasteiger partial charge in [-0.3, -0.25) is 20.1 Å². The Hall–Kier alpha value is -3.20. The Morgan fingerprint density at radius 1 is 1.09 bits per heavy atom. The van der Waals surface area contributed by atoms with Crippen molar-refractivity contribution >= 4 is 11.7 Å². The Morgan fingerprint density at radius 2 is 1.70 bits per heavy atom. The molecule has 4 aliphatic carbocycles. The van der Waals surface area contributed by atoms with Crippen LogP contribution in [-0.4, -0.2) is 22.8 Å². The van der Waals surface area contributed by atoms with Gasteiger partial charge in [0.15, 0.2) is 6.19 Å². The van der Waals surface area contributed by atoms with Gasteiger partial charge in [-0.2, -0.15) is 5.26 Å². The quantitative estimate of drug-likeness (QED) is 0.314. The second kappa shape index (κ2) is 7.98. The number of amides is 1. The predicted octanol–water partition coefficient (Wildman–Crippen LogP) is 4.18. The lowest BCUT2D eigenvalue weighted by Crippen LogP contribution is -2.57. The first-order chi connectivity index (χ1) is 15.8. The van der Waals surface area contributed by atoms with Crippen molar-refractivity contribution in [3.8, 4) is 17.3 Å². The van der Waals surface area contributed by atoms with Gasteiger partial charge < -0.3 is 5.73 Å². The molecule has 1 heterocycles. The Balaban J connectivity index is 1.44. The minimum Gasteiger partial charge on any atom is -0.369 e. The molecule has 6 rings (SSSR count). The van der Waals surface area contributed by atoms with Gasteiger partial charge in [-0.25, -0.2) is 0 Å². The number of aliphatic imine (C=N–C) groups is 1. The molecule has 4 fully saturated rings. The van der Waals surface area contributed by atoms with Crippen molar-refractivity contribution in [1.29, 1.82) is 5.26 Å². The maximum absolute atomic E-state index is 12.3. The Bertz CT molecular complexity index is 1100. The third kappa shape index (κ3) is 3.70. The van der Waals surface area contributed by atoms with Crippen LogP contribution in [-0.2, 0) is 10.2 Å². The van der Waals surface area contributed by atoms with E-state index < -0.39 is 5.41 Å². The summed E-state index contributed by atoms with van der Waals surface area (Å²) in [5.41, 5.74) is 8.41. The lowest BCUT2D eigenvalue weighted by molar-refractivity contribution is -0.144. The lowest BCUT2D eigenvalue weighted by Gasteiger charge is -2.58. The van der Waals surface area contributed by atoms with Crippen LogP contribution in [0.2, 0.25) is 0 Å². The summed E-state index contributed by atoms with van der Waals surface area (Å²) in [6.07, 6.45) is 10.6. The number of rotatable bonds is 5. The molecule has 4 aliphatic rings. The highest BCUT2D eigenvalue weighted by molar-refractivity contribution is 5.93. The number of primary amides is 1. The fourth-order valence-electron chi connectivity index (χ4n) is 6.82. The average Bonchev–Trinajstić information content (AvgIpc) is 2.81. The van der Waals surface area contributed by atoms with Crippen LogP contribution in [0.1, 0.15) is 51.5 Å². The summed E-state index contributed by atoms with van der Waals surface area (Å²) in [5, 5.41) is 12.4. The summed E-state index contributed by atoms with van der Waals surface area (Å²) >= 11 is 0. The molecule has 33 heavy (non-hydrogen) atoms. The molecule has 170 valence electrons. The number of carbonyl (C=O) groups excluding carboxylic acids is 1. The topological polar surface area (TPSA) is 104 Å². The fraction of sp³-hybridized carbons (Fsp3) is 0.481. The summed E-state index contributed by atoms with van der Waals surface area (Å²) in [4.78, 5) is 21.6. The van der Waals surface area contributed by atoms with E-state index in [0.29, 0.717) is 23.6 Å². The van der Waals surface area contributed by atoms with Gasteiger partial charge >= 0.3 is 0 Å². The van der Waals surface area contributed by atoms with E-state index in [0.717, 1.165) is 48.8 Å². The molecule has 0 aliphatic heterocycles. The van der Waals surface area contributed by atoms with Gasteiger partial charge in [0.1, 0.15) is 5.84 Å². The maximum Gasteiger partial charge on any atom is 0.223 e. The molecule has 0 radical (unpaired) electrons. The standard InChI is InChI=1S/C27H31N5O/c1-26(2,22-5-3-18(4-6-22)19-7-9-30-10-8-19)25(31-16-28)32-23-20-11-17-12-21(23)15-27(13-17,14-20)24(29)33/h3-10,17,20-21,23H,11-15H2,1-2H3,(H2,29,33)(H,31,32). The molecule has 1 amide bonds. The zero-order valence-electron chi connectivity index (χ0n) is 19.3. The van der Waals surface area contributed by atoms with Crippen LogP contribution in [0.3, 0.4) is 0 Å². The van der Waals surface area contributed by atoms with Crippen LogP contribution >= 0.6 is 0 Å². The van der Waals surface area contributed by atoms with Crippen LogP contribution in [0, 0.1) is 34.6 Å². The average molecular weight is 442 g/mol. The lowest BCUT2D eigenvalue weighted by atomic mass is 9.47. The molecule has 2 atom stereocenters. The van der Waals surface area contributed by atoms with Crippen LogP contribution in [0.5, 0.6) is 0 Å². The molecule has 2 aromatic rings. The molecule has 0 saturated heterocycles. The molecular formula is C27H31N5O. The minimum atomic E-state index is -0.456.